The Balaban J connectivity index is 1.88. The molecule has 1 aliphatic rings. The van der Waals surface area contributed by atoms with Crippen LogP contribution in [0.2, 0.25) is 0 Å². The molecular weight excluding hydrogens is 234 g/mol. The summed E-state index contributed by atoms with van der Waals surface area (Å²) in [5.41, 5.74) is 0. The summed E-state index contributed by atoms with van der Waals surface area (Å²) in [5.74, 6) is 1.65. The molecule has 0 spiro atoms. The molecule has 0 aromatic carbocycles. The molecule has 2 aromatic rings. The molecule has 0 aliphatic heterocycles. The Morgan fingerprint density at radius 1 is 1.35 bits per heavy atom. The highest BCUT2D eigenvalue weighted by Crippen LogP contribution is 2.33. The van der Waals surface area contributed by atoms with Crippen molar-refractivity contribution in [1.29, 1.82) is 0 Å². The van der Waals surface area contributed by atoms with Gasteiger partial charge in [-0.3, -0.25) is 0 Å². The predicted octanol–water partition coefficient (Wildman–Crippen LogP) is 1.61. The van der Waals surface area contributed by atoms with Gasteiger partial charge in [0.05, 0.1) is 0 Å². The molecule has 0 amide bonds. The Bertz CT molecular complexity index is 497. The van der Waals surface area contributed by atoms with E-state index < -0.39 is 0 Å². The topological polar surface area (TPSA) is 55.1 Å². The van der Waals surface area contributed by atoms with Crippen molar-refractivity contribution < 1.29 is 0 Å². The third-order valence-corrected chi connectivity index (χ3v) is 4.32. The van der Waals surface area contributed by atoms with Gasteiger partial charge in [0.15, 0.2) is 5.82 Å². The van der Waals surface area contributed by atoms with Crippen molar-refractivity contribution >= 4 is 16.3 Å². The van der Waals surface area contributed by atoms with Crippen LogP contribution in [0.3, 0.4) is 0 Å². The van der Waals surface area contributed by atoms with E-state index in [2.05, 4.69) is 20.6 Å². The maximum Gasteiger partial charge on any atom is 0.234 e. The normalized spacial score (nSPS) is 17.2. The van der Waals surface area contributed by atoms with E-state index in [0.717, 1.165) is 28.8 Å². The van der Waals surface area contributed by atoms with Gasteiger partial charge in [0.2, 0.25) is 4.96 Å². The lowest BCUT2D eigenvalue weighted by molar-refractivity contribution is 0.636. The van der Waals surface area contributed by atoms with Gasteiger partial charge in [-0.05, 0) is 19.9 Å². The molecule has 0 atom stereocenters. The quantitative estimate of drug-likeness (QED) is 0.897. The lowest BCUT2D eigenvalue weighted by atomic mass is 10.1. The molecule has 2 aromatic heterocycles. The molecule has 17 heavy (non-hydrogen) atoms. The predicted molar refractivity (Wildman–Crippen MR) is 67.5 cm³/mol. The summed E-state index contributed by atoms with van der Waals surface area (Å²) in [6.07, 6.45) is 6.08. The van der Waals surface area contributed by atoms with Crippen molar-refractivity contribution in [3.63, 3.8) is 0 Å². The van der Waals surface area contributed by atoms with Gasteiger partial charge >= 0.3 is 0 Å². The number of hydrogen-bond donors (Lipinski definition) is 1. The fourth-order valence-corrected chi connectivity index (χ4v) is 3.28. The number of aromatic nitrogens is 4. The monoisotopic (exact) mass is 251 g/mol. The first-order chi connectivity index (χ1) is 8.38. The van der Waals surface area contributed by atoms with Gasteiger partial charge < -0.3 is 5.32 Å². The van der Waals surface area contributed by atoms with E-state index in [-0.39, 0.29) is 0 Å². The second kappa shape index (κ2) is 4.70. The van der Waals surface area contributed by atoms with E-state index in [0.29, 0.717) is 5.92 Å². The number of fused-ring (bicyclic) bond motifs is 1. The fraction of sp³-hybridized carbons (Fsp3) is 0.727. The van der Waals surface area contributed by atoms with Gasteiger partial charge in [0, 0.05) is 18.9 Å². The van der Waals surface area contributed by atoms with Crippen molar-refractivity contribution in [2.45, 2.75) is 38.0 Å². The summed E-state index contributed by atoms with van der Waals surface area (Å²) in [6.45, 7) is 0.961. The van der Waals surface area contributed by atoms with Crippen LogP contribution < -0.4 is 5.32 Å². The van der Waals surface area contributed by atoms with Crippen LogP contribution in [-0.4, -0.2) is 33.4 Å². The van der Waals surface area contributed by atoms with Gasteiger partial charge in [-0.2, -0.15) is 9.61 Å². The van der Waals surface area contributed by atoms with Crippen molar-refractivity contribution in [3.8, 4) is 0 Å². The first-order valence-electron chi connectivity index (χ1n) is 6.24. The smallest absolute Gasteiger partial charge is 0.234 e. The standard InChI is InChI=1S/C11H17N5S/c1-12-7-6-9-15-16-10(8-4-2-3-5-8)13-14-11(16)17-9/h8,12H,2-7H2,1H3. The lowest BCUT2D eigenvalue weighted by Gasteiger charge is -2.03. The Morgan fingerprint density at radius 3 is 2.94 bits per heavy atom. The molecular formula is C11H17N5S. The number of nitrogens with one attached hydrogen (secondary N) is 1. The first-order valence-corrected chi connectivity index (χ1v) is 7.06. The number of hydrogen-bond acceptors (Lipinski definition) is 5. The van der Waals surface area contributed by atoms with Gasteiger partial charge in [0.25, 0.3) is 0 Å². The molecule has 1 saturated carbocycles. The van der Waals surface area contributed by atoms with E-state index >= 15 is 0 Å². The molecule has 6 heteroatoms. The molecule has 2 heterocycles. The summed E-state index contributed by atoms with van der Waals surface area (Å²) in [7, 11) is 1.96. The molecule has 3 rings (SSSR count). The van der Waals surface area contributed by atoms with Crippen molar-refractivity contribution in [2.75, 3.05) is 13.6 Å². The van der Waals surface area contributed by atoms with Crippen LogP contribution in [0.4, 0.5) is 0 Å². The van der Waals surface area contributed by atoms with Crippen LogP contribution in [0.5, 0.6) is 0 Å². The molecule has 1 fully saturated rings. The van der Waals surface area contributed by atoms with Gasteiger partial charge in [-0.25, -0.2) is 0 Å². The largest absolute Gasteiger partial charge is 0.319 e. The van der Waals surface area contributed by atoms with Crippen molar-refractivity contribution in [3.05, 3.63) is 10.8 Å². The highest BCUT2D eigenvalue weighted by Gasteiger charge is 2.23. The zero-order valence-electron chi connectivity index (χ0n) is 10.0. The average Bonchev–Trinajstić information content (AvgIpc) is 3.01. The minimum absolute atomic E-state index is 0.573. The van der Waals surface area contributed by atoms with E-state index in [4.69, 9.17) is 0 Å². The second-order valence-corrected chi connectivity index (χ2v) is 5.62. The molecule has 1 N–H and O–H groups in total. The van der Waals surface area contributed by atoms with Crippen molar-refractivity contribution in [1.82, 2.24) is 25.1 Å². The third-order valence-electron chi connectivity index (χ3n) is 3.37. The van der Waals surface area contributed by atoms with E-state index in [1.54, 1.807) is 11.3 Å². The Labute approximate surface area is 104 Å². The zero-order chi connectivity index (χ0) is 11.7. The van der Waals surface area contributed by atoms with Gasteiger partial charge in [0.1, 0.15) is 5.01 Å². The first kappa shape index (κ1) is 11.1. The van der Waals surface area contributed by atoms with Crippen LogP contribution in [-0.2, 0) is 6.42 Å². The summed E-state index contributed by atoms with van der Waals surface area (Å²) in [5, 5.41) is 17.5. The van der Waals surface area contributed by atoms with Gasteiger partial charge in [-0.15, -0.1) is 10.2 Å². The van der Waals surface area contributed by atoms with Crippen LogP contribution in [0, 0.1) is 0 Å². The Kier molecular flexibility index (Phi) is 3.07. The SMILES string of the molecule is CNCCc1nn2c(C3CCCC3)nnc2s1. The summed E-state index contributed by atoms with van der Waals surface area (Å²) >= 11 is 1.66. The van der Waals surface area contributed by atoms with Crippen LogP contribution >= 0.6 is 11.3 Å². The van der Waals surface area contributed by atoms with Crippen molar-refractivity contribution in [2.24, 2.45) is 0 Å². The van der Waals surface area contributed by atoms with Crippen LogP contribution in [0.25, 0.3) is 4.96 Å². The minimum Gasteiger partial charge on any atom is -0.319 e. The summed E-state index contributed by atoms with van der Waals surface area (Å²) < 4.78 is 1.96. The Morgan fingerprint density at radius 2 is 2.18 bits per heavy atom. The number of rotatable bonds is 4. The fourth-order valence-electron chi connectivity index (χ4n) is 2.44. The average molecular weight is 251 g/mol. The summed E-state index contributed by atoms with van der Waals surface area (Å²) in [4.78, 5) is 0.943. The molecule has 0 saturated heterocycles. The highest BCUT2D eigenvalue weighted by atomic mass is 32.1. The number of likely N-dealkylation sites (N-methyl/N-ethyl adjacent to an activating group) is 1. The molecule has 92 valence electrons. The molecule has 0 bridgehead atoms. The molecule has 5 nitrogen and oxygen atoms in total. The summed E-state index contributed by atoms with van der Waals surface area (Å²) in [6, 6.07) is 0. The molecule has 1 aliphatic carbocycles. The lowest BCUT2D eigenvalue weighted by Crippen LogP contribution is -2.10. The second-order valence-electron chi connectivity index (χ2n) is 4.58. The zero-order valence-corrected chi connectivity index (χ0v) is 10.8. The van der Waals surface area contributed by atoms with E-state index in [1.807, 2.05) is 11.6 Å². The van der Waals surface area contributed by atoms with E-state index in [9.17, 15) is 0 Å². The third kappa shape index (κ3) is 2.07. The molecule has 0 radical (unpaired) electrons. The van der Waals surface area contributed by atoms with Crippen LogP contribution in [0.15, 0.2) is 0 Å². The highest BCUT2D eigenvalue weighted by molar-refractivity contribution is 7.16. The van der Waals surface area contributed by atoms with Gasteiger partial charge in [-0.1, -0.05) is 24.2 Å². The number of nitrogens with zero attached hydrogens (tertiary/aromatic N) is 4. The molecule has 0 unspecified atom stereocenters. The maximum atomic E-state index is 4.62. The maximum absolute atomic E-state index is 4.62. The van der Waals surface area contributed by atoms with Crippen LogP contribution in [0.1, 0.15) is 42.4 Å². The van der Waals surface area contributed by atoms with E-state index in [1.165, 1.54) is 25.7 Å². The Hall–Kier alpha value is -1.01. The minimum atomic E-state index is 0.573.